The highest BCUT2D eigenvalue weighted by molar-refractivity contribution is 6.39. The third-order valence-corrected chi connectivity index (χ3v) is 4.33. The molecule has 0 saturated heterocycles. The molecule has 1 aliphatic rings. The Hall–Kier alpha value is -1.73. The van der Waals surface area contributed by atoms with E-state index < -0.39 is 18.0 Å². The second kappa shape index (κ2) is 9.28. The van der Waals surface area contributed by atoms with Gasteiger partial charge in [0.1, 0.15) is 5.71 Å². The summed E-state index contributed by atoms with van der Waals surface area (Å²) in [5.74, 6) is -0.926. The van der Waals surface area contributed by atoms with Crippen molar-refractivity contribution in [3.05, 3.63) is 33.8 Å². The first-order valence-corrected chi connectivity index (χ1v) is 9.02. The molecule has 0 bridgehead atoms. The highest BCUT2D eigenvalue weighted by atomic mass is 35.5. The molecule has 0 aliphatic carbocycles. The number of rotatable bonds is 7. The molecule has 2 rings (SSSR count). The zero-order valence-corrected chi connectivity index (χ0v) is 16.1. The number of hydrogen-bond acceptors (Lipinski definition) is 4. The van der Waals surface area contributed by atoms with Crippen LogP contribution in [0.25, 0.3) is 0 Å². The quantitative estimate of drug-likeness (QED) is 0.695. The van der Waals surface area contributed by atoms with E-state index >= 15 is 0 Å². The molecule has 138 valence electrons. The average molecular weight is 396 g/mol. The van der Waals surface area contributed by atoms with Crippen LogP contribution in [0, 0.1) is 5.92 Å². The molecule has 2 radical (unpaired) electrons. The molecule has 2 N–H and O–H groups in total. The summed E-state index contributed by atoms with van der Waals surface area (Å²) in [6.07, 6.45) is -0.133. The van der Waals surface area contributed by atoms with E-state index in [4.69, 9.17) is 35.9 Å². The number of carbonyl (C=O) groups is 2. The normalized spacial score (nSPS) is 17.4. The summed E-state index contributed by atoms with van der Waals surface area (Å²) in [7, 11) is 5.85. The standard InChI is InChI=1S/C17H20BCl2N3O3/c1-9(2)5-15(18)22-17(25)14-7-13(23-26-14)16(24)21-8-10-6-11(19)3-4-12(10)20/h3-4,6,9,14-15H,5,7-8H2,1-2H3,(H,21,24)(H,22,25)/t14?,15-/m0/s1. The summed E-state index contributed by atoms with van der Waals surface area (Å²) in [6.45, 7) is 4.21. The van der Waals surface area contributed by atoms with E-state index in [9.17, 15) is 9.59 Å². The van der Waals surface area contributed by atoms with Gasteiger partial charge in [-0.05, 0) is 42.0 Å². The Morgan fingerprint density at radius 1 is 1.38 bits per heavy atom. The maximum atomic E-state index is 12.2. The van der Waals surface area contributed by atoms with Gasteiger partial charge in [0.05, 0.1) is 7.85 Å². The van der Waals surface area contributed by atoms with Crippen LogP contribution in [0.3, 0.4) is 0 Å². The largest absolute Gasteiger partial charge is 0.382 e. The van der Waals surface area contributed by atoms with E-state index in [1.807, 2.05) is 13.8 Å². The highest BCUT2D eigenvalue weighted by Crippen LogP contribution is 2.20. The van der Waals surface area contributed by atoms with Gasteiger partial charge in [-0.1, -0.05) is 42.2 Å². The predicted molar refractivity (Wildman–Crippen MR) is 102 cm³/mol. The van der Waals surface area contributed by atoms with Gasteiger partial charge in [0, 0.05) is 23.0 Å². The first-order chi connectivity index (χ1) is 12.3. The van der Waals surface area contributed by atoms with Gasteiger partial charge < -0.3 is 15.5 Å². The molecule has 0 fully saturated rings. The molecule has 1 aromatic carbocycles. The van der Waals surface area contributed by atoms with Gasteiger partial charge in [-0.25, -0.2) is 0 Å². The monoisotopic (exact) mass is 395 g/mol. The summed E-state index contributed by atoms with van der Waals surface area (Å²) in [4.78, 5) is 29.4. The molecule has 1 aliphatic heterocycles. The minimum Gasteiger partial charge on any atom is -0.382 e. The summed E-state index contributed by atoms with van der Waals surface area (Å²) >= 11 is 12.0. The van der Waals surface area contributed by atoms with Crippen molar-refractivity contribution in [1.29, 1.82) is 0 Å². The van der Waals surface area contributed by atoms with Crippen molar-refractivity contribution in [2.45, 2.75) is 45.3 Å². The van der Waals surface area contributed by atoms with Crippen LogP contribution in [-0.2, 0) is 21.0 Å². The molecule has 2 amide bonds. The lowest BCUT2D eigenvalue weighted by Gasteiger charge is -2.18. The Kier molecular flexibility index (Phi) is 7.35. The Bertz CT molecular complexity index is 712. The van der Waals surface area contributed by atoms with Gasteiger partial charge in [-0.2, -0.15) is 0 Å². The van der Waals surface area contributed by atoms with E-state index in [1.165, 1.54) is 0 Å². The molecule has 26 heavy (non-hydrogen) atoms. The number of amides is 2. The van der Waals surface area contributed by atoms with E-state index in [1.54, 1.807) is 18.2 Å². The SMILES string of the molecule is [B][C@H](CC(C)C)NC(=O)C1CC(C(=O)NCc2cc(Cl)ccc2Cl)=NO1. The van der Waals surface area contributed by atoms with Crippen molar-refractivity contribution < 1.29 is 14.4 Å². The number of nitrogens with zero attached hydrogens (tertiary/aromatic N) is 1. The van der Waals surface area contributed by atoms with Crippen LogP contribution in [0.15, 0.2) is 23.4 Å². The minimum atomic E-state index is -0.858. The van der Waals surface area contributed by atoms with Crippen molar-refractivity contribution in [3.63, 3.8) is 0 Å². The molecule has 6 nitrogen and oxygen atoms in total. The zero-order valence-electron chi connectivity index (χ0n) is 14.6. The van der Waals surface area contributed by atoms with Gasteiger partial charge in [0.2, 0.25) is 6.10 Å². The Morgan fingerprint density at radius 3 is 2.81 bits per heavy atom. The topological polar surface area (TPSA) is 79.8 Å². The summed E-state index contributed by atoms with van der Waals surface area (Å²) in [6, 6.07) is 4.99. The van der Waals surface area contributed by atoms with E-state index in [2.05, 4.69) is 15.8 Å². The first kappa shape index (κ1) is 20.6. The second-order valence-corrected chi connectivity index (χ2v) is 7.34. The van der Waals surface area contributed by atoms with Crippen LogP contribution >= 0.6 is 23.2 Å². The molecule has 1 unspecified atom stereocenters. The van der Waals surface area contributed by atoms with Gasteiger partial charge in [-0.3, -0.25) is 9.59 Å². The summed E-state index contributed by atoms with van der Waals surface area (Å²) in [5.41, 5.74) is 0.821. The van der Waals surface area contributed by atoms with Crippen molar-refractivity contribution in [1.82, 2.24) is 10.6 Å². The highest BCUT2D eigenvalue weighted by Gasteiger charge is 2.32. The lowest BCUT2D eigenvalue weighted by molar-refractivity contribution is -0.131. The molecular formula is C17H20BCl2N3O3. The molecule has 1 aromatic rings. The van der Waals surface area contributed by atoms with Gasteiger partial charge in [0.15, 0.2) is 0 Å². The Balaban J connectivity index is 1.82. The molecule has 1 heterocycles. The van der Waals surface area contributed by atoms with Crippen molar-refractivity contribution in [2.75, 3.05) is 0 Å². The van der Waals surface area contributed by atoms with Crippen LogP contribution in [0.4, 0.5) is 0 Å². The lowest BCUT2D eigenvalue weighted by Crippen LogP contribution is -2.43. The van der Waals surface area contributed by atoms with Crippen molar-refractivity contribution in [3.8, 4) is 0 Å². The van der Waals surface area contributed by atoms with E-state index in [0.717, 1.165) is 0 Å². The summed E-state index contributed by atoms with van der Waals surface area (Å²) < 4.78 is 0. The van der Waals surface area contributed by atoms with Crippen LogP contribution in [0.1, 0.15) is 32.3 Å². The number of hydrogen-bond donors (Lipinski definition) is 2. The molecule has 0 spiro atoms. The van der Waals surface area contributed by atoms with Crippen molar-refractivity contribution in [2.24, 2.45) is 11.1 Å². The fourth-order valence-electron chi connectivity index (χ4n) is 2.45. The van der Waals surface area contributed by atoms with E-state index in [0.29, 0.717) is 27.9 Å². The molecule has 0 aromatic heterocycles. The number of carbonyl (C=O) groups excluding carboxylic acids is 2. The van der Waals surface area contributed by atoms with Gasteiger partial charge >= 0.3 is 0 Å². The third kappa shape index (κ3) is 5.92. The van der Waals surface area contributed by atoms with Crippen LogP contribution in [-0.4, -0.2) is 37.4 Å². The number of halogens is 2. The minimum absolute atomic E-state index is 0.0787. The van der Waals surface area contributed by atoms with Crippen LogP contribution in [0.5, 0.6) is 0 Å². The predicted octanol–water partition coefficient (Wildman–Crippen LogP) is 2.41. The molecule has 2 atom stereocenters. The number of oxime groups is 1. The third-order valence-electron chi connectivity index (χ3n) is 3.72. The maximum absolute atomic E-state index is 12.2. The molecular weight excluding hydrogens is 376 g/mol. The fourth-order valence-corrected chi connectivity index (χ4v) is 2.83. The number of benzene rings is 1. The van der Waals surface area contributed by atoms with Gasteiger partial charge in [-0.15, -0.1) is 0 Å². The summed E-state index contributed by atoms with van der Waals surface area (Å²) in [5, 5.41) is 10.1. The molecule has 0 saturated carbocycles. The fraction of sp³-hybridized carbons (Fsp3) is 0.471. The van der Waals surface area contributed by atoms with E-state index in [-0.39, 0.29) is 24.6 Å². The van der Waals surface area contributed by atoms with Gasteiger partial charge in [0.25, 0.3) is 11.8 Å². The average Bonchev–Trinajstić information content (AvgIpc) is 3.04. The zero-order chi connectivity index (χ0) is 19.3. The number of nitrogens with one attached hydrogen (secondary N) is 2. The van der Waals surface area contributed by atoms with Crippen LogP contribution < -0.4 is 10.6 Å². The second-order valence-electron chi connectivity index (χ2n) is 6.50. The van der Waals surface area contributed by atoms with Crippen molar-refractivity contribution >= 4 is 48.6 Å². The maximum Gasteiger partial charge on any atom is 0.269 e. The Morgan fingerprint density at radius 2 is 2.12 bits per heavy atom. The smallest absolute Gasteiger partial charge is 0.269 e. The van der Waals surface area contributed by atoms with Crippen LogP contribution in [0.2, 0.25) is 10.0 Å². The molecule has 9 heteroatoms. The first-order valence-electron chi connectivity index (χ1n) is 8.27. The Labute approximate surface area is 164 Å². The lowest BCUT2D eigenvalue weighted by atomic mass is 9.88.